The van der Waals surface area contributed by atoms with Gasteiger partial charge in [-0.3, -0.25) is 4.90 Å². The maximum atomic E-state index is 6.08. The van der Waals surface area contributed by atoms with Gasteiger partial charge < -0.3 is 9.30 Å². The Morgan fingerprint density at radius 1 is 1.00 bits per heavy atom. The SMILES string of the molecule is c1ccc2c(c1)ccn2-c1cnc(O[C@H]2CN3CCC2CC3)nc1. The van der Waals surface area contributed by atoms with Crippen molar-refractivity contribution in [3.8, 4) is 11.7 Å². The molecule has 5 nitrogen and oxygen atoms in total. The van der Waals surface area contributed by atoms with Crippen molar-refractivity contribution in [3.05, 3.63) is 48.9 Å². The Kier molecular flexibility index (Phi) is 3.26. The van der Waals surface area contributed by atoms with E-state index in [4.69, 9.17) is 4.74 Å². The second-order valence-corrected chi connectivity index (χ2v) is 6.76. The lowest BCUT2D eigenvalue weighted by molar-refractivity contribution is -0.0123. The van der Waals surface area contributed by atoms with Crippen molar-refractivity contribution >= 4 is 10.9 Å². The number of hydrogen-bond acceptors (Lipinski definition) is 4. The van der Waals surface area contributed by atoms with Crippen LogP contribution in [0.1, 0.15) is 12.8 Å². The second-order valence-electron chi connectivity index (χ2n) is 6.76. The molecule has 0 unspecified atom stereocenters. The van der Waals surface area contributed by atoms with Gasteiger partial charge >= 0.3 is 6.01 Å². The summed E-state index contributed by atoms with van der Waals surface area (Å²) in [6.07, 6.45) is 8.45. The Morgan fingerprint density at radius 3 is 2.54 bits per heavy atom. The normalized spacial score (nSPS) is 25.9. The van der Waals surface area contributed by atoms with E-state index in [1.54, 1.807) is 0 Å². The van der Waals surface area contributed by atoms with Gasteiger partial charge in [0, 0.05) is 12.7 Å². The van der Waals surface area contributed by atoms with E-state index in [9.17, 15) is 0 Å². The topological polar surface area (TPSA) is 43.2 Å². The molecule has 1 aromatic carbocycles. The van der Waals surface area contributed by atoms with Crippen LogP contribution in [0.25, 0.3) is 16.6 Å². The molecule has 2 bridgehead atoms. The molecular formula is C19H20N4O. The van der Waals surface area contributed by atoms with Crippen LogP contribution < -0.4 is 4.74 Å². The Labute approximate surface area is 140 Å². The quantitative estimate of drug-likeness (QED) is 0.744. The average Bonchev–Trinajstić information content (AvgIpc) is 3.08. The van der Waals surface area contributed by atoms with Gasteiger partial charge in [-0.05, 0) is 49.4 Å². The lowest BCUT2D eigenvalue weighted by Gasteiger charge is -2.43. The van der Waals surface area contributed by atoms with E-state index in [1.165, 1.54) is 31.3 Å². The van der Waals surface area contributed by atoms with Crippen LogP contribution in [0.15, 0.2) is 48.9 Å². The third kappa shape index (κ3) is 2.36. The van der Waals surface area contributed by atoms with Crippen LogP contribution in [0.4, 0.5) is 0 Å². The lowest BCUT2D eigenvalue weighted by atomic mass is 9.86. The van der Waals surface area contributed by atoms with Gasteiger partial charge in [-0.1, -0.05) is 18.2 Å². The molecule has 5 heteroatoms. The van der Waals surface area contributed by atoms with Crippen LogP contribution in [0, 0.1) is 5.92 Å². The van der Waals surface area contributed by atoms with Crippen LogP contribution in [-0.2, 0) is 0 Å². The van der Waals surface area contributed by atoms with Gasteiger partial charge in [0.25, 0.3) is 0 Å². The molecule has 1 atom stereocenters. The molecule has 122 valence electrons. The smallest absolute Gasteiger partial charge is 0.316 e. The summed E-state index contributed by atoms with van der Waals surface area (Å²) < 4.78 is 8.18. The zero-order valence-corrected chi connectivity index (χ0v) is 13.5. The van der Waals surface area contributed by atoms with E-state index in [0.717, 1.165) is 17.7 Å². The first-order chi connectivity index (χ1) is 11.9. The third-order valence-electron chi connectivity index (χ3n) is 5.35. The summed E-state index contributed by atoms with van der Waals surface area (Å²) in [5.41, 5.74) is 2.12. The van der Waals surface area contributed by atoms with Gasteiger partial charge in [0.05, 0.1) is 23.6 Å². The Hall–Kier alpha value is -2.40. The molecule has 2 aromatic heterocycles. The van der Waals surface area contributed by atoms with Crippen LogP contribution in [0.3, 0.4) is 0 Å². The van der Waals surface area contributed by atoms with Gasteiger partial charge in [-0.2, -0.15) is 0 Å². The predicted octanol–water partition coefficient (Wildman–Crippen LogP) is 2.89. The largest absolute Gasteiger partial charge is 0.458 e. The van der Waals surface area contributed by atoms with Crippen molar-refractivity contribution < 1.29 is 4.74 Å². The van der Waals surface area contributed by atoms with Crippen LogP contribution in [-0.4, -0.2) is 45.2 Å². The monoisotopic (exact) mass is 320 g/mol. The zero-order chi connectivity index (χ0) is 15.9. The predicted molar refractivity (Wildman–Crippen MR) is 92.4 cm³/mol. The van der Waals surface area contributed by atoms with E-state index >= 15 is 0 Å². The summed E-state index contributed by atoms with van der Waals surface area (Å²) >= 11 is 0. The maximum Gasteiger partial charge on any atom is 0.316 e. The summed E-state index contributed by atoms with van der Waals surface area (Å²) in [4.78, 5) is 11.4. The Balaban J connectivity index is 1.37. The number of aromatic nitrogens is 3. The third-order valence-corrected chi connectivity index (χ3v) is 5.35. The number of ether oxygens (including phenoxy) is 1. The molecule has 0 amide bonds. The summed E-state index contributed by atoms with van der Waals surface area (Å²) in [6.45, 7) is 3.44. The van der Waals surface area contributed by atoms with E-state index in [2.05, 4.69) is 43.8 Å². The number of para-hydroxylation sites is 1. The molecular weight excluding hydrogens is 300 g/mol. The van der Waals surface area contributed by atoms with E-state index in [1.807, 2.05) is 24.5 Å². The molecule has 0 aliphatic carbocycles. The fourth-order valence-corrected chi connectivity index (χ4v) is 3.98. The number of rotatable bonds is 3. The van der Waals surface area contributed by atoms with Crippen molar-refractivity contribution in [2.75, 3.05) is 19.6 Å². The van der Waals surface area contributed by atoms with E-state index < -0.39 is 0 Å². The van der Waals surface area contributed by atoms with Crippen molar-refractivity contribution in [1.82, 2.24) is 19.4 Å². The van der Waals surface area contributed by atoms with Crippen molar-refractivity contribution in [1.29, 1.82) is 0 Å². The molecule has 24 heavy (non-hydrogen) atoms. The van der Waals surface area contributed by atoms with Crippen molar-refractivity contribution in [3.63, 3.8) is 0 Å². The van der Waals surface area contributed by atoms with E-state index in [-0.39, 0.29) is 6.10 Å². The Bertz CT molecular complexity index is 849. The maximum absolute atomic E-state index is 6.08. The summed E-state index contributed by atoms with van der Waals surface area (Å²) in [5.74, 6) is 0.659. The average molecular weight is 320 g/mol. The van der Waals surface area contributed by atoms with Crippen LogP contribution >= 0.6 is 0 Å². The Morgan fingerprint density at radius 2 is 1.79 bits per heavy atom. The molecule has 0 spiro atoms. The number of piperidine rings is 3. The van der Waals surface area contributed by atoms with Gasteiger partial charge in [0.15, 0.2) is 0 Å². The fourth-order valence-electron chi connectivity index (χ4n) is 3.98. The summed E-state index contributed by atoms with van der Waals surface area (Å²) in [5, 5.41) is 1.21. The van der Waals surface area contributed by atoms with Gasteiger partial charge in [0.1, 0.15) is 6.10 Å². The molecule has 0 N–H and O–H groups in total. The van der Waals surface area contributed by atoms with Crippen LogP contribution in [0.5, 0.6) is 6.01 Å². The number of benzene rings is 1. The molecule has 6 rings (SSSR count). The molecule has 3 aliphatic heterocycles. The summed E-state index contributed by atoms with van der Waals surface area (Å²) in [7, 11) is 0. The first-order valence-electron chi connectivity index (χ1n) is 8.64. The molecule has 3 saturated heterocycles. The molecule has 0 saturated carbocycles. The zero-order valence-electron chi connectivity index (χ0n) is 13.5. The standard InChI is InChI=1S/C19H20N4O/c1-2-4-17-14(3-1)7-10-23(17)16-11-20-19(21-12-16)24-18-13-22-8-5-15(18)6-9-22/h1-4,7,10-12,15,18H,5-6,8-9,13H2/t18-/m0/s1. The van der Waals surface area contributed by atoms with Gasteiger partial charge in [0.2, 0.25) is 0 Å². The number of nitrogens with zero attached hydrogens (tertiary/aromatic N) is 4. The molecule has 5 heterocycles. The molecule has 3 aliphatic rings. The lowest BCUT2D eigenvalue weighted by Crippen LogP contribution is -2.52. The highest BCUT2D eigenvalue weighted by Crippen LogP contribution is 2.30. The molecule has 3 fully saturated rings. The number of hydrogen-bond donors (Lipinski definition) is 0. The van der Waals surface area contributed by atoms with E-state index in [0.29, 0.717) is 11.9 Å². The minimum atomic E-state index is 0.241. The summed E-state index contributed by atoms with van der Waals surface area (Å²) in [6, 6.07) is 10.9. The number of fused-ring (bicyclic) bond motifs is 4. The minimum absolute atomic E-state index is 0.241. The van der Waals surface area contributed by atoms with Crippen molar-refractivity contribution in [2.45, 2.75) is 18.9 Å². The molecule has 0 radical (unpaired) electrons. The minimum Gasteiger partial charge on any atom is -0.458 e. The highest BCUT2D eigenvalue weighted by Gasteiger charge is 2.35. The highest BCUT2D eigenvalue weighted by molar-refractivity contribution is 5.81. The first-order valence-corrected chi connectivity index (χ1v) is 8.64. The van der Waals surface area contributed by atoms with Crippen LogP contribution in [0.2, 0.25) is 0 Å². The highest BCUT2D eigenvalue weighted by atomic mass is 16.5. The fraction of sp³-hybridized carbons (Fsp3) is 0.368. The van der Waals surface area contributed by atoms with Crippen molar-refractivity contribution in [2.24, 2.45) is 5.92 Å². The molecule has 3 aromatic rings. The van der Waals surface area contributed by atoms with Gasteiger partial charge in [-0.15, -0.1) is 0 Å². The second kappa shape index (κ2) is 5.60. The first kappa shape index (κ1) is 14.0. The van der Waals surface area contributed by atoms with Gasteiger partial charge in [-0.25, -0.2) is 9.97 Å².